The van der Waals surface area contributed by atoms with E-state index in [1.807, 2.05) is 18.2 Å². The monoisotopic (exact) mass is 405 g/mol. The number of hydrogen-bond donors (Lipinski definition) is 0. The molecule has 2 unspecified atom stereocenters. The minimum absolute atomic E-state index is 0.00896. The number of ether oxygens (including phenoxy) is 2. The van der Waals surface area contributed by atoms with Gasteiger partial charge in [-0.2, -0.15) is 0 Å². The van der Waals surface area contributed by atoms with E-state index in [1.165, 1.54) is 23.8 Å². The average Bonchev–Trinajstić information content (AvgIpc) is 2.67. The number of alkyl halides is 3. The van der Waals surface area contributed by atoms with E-state index in [2.05, 4.69) is 21.8 Å². The summed E-state index contributed by atoms with van der Waals surface area (Å²) in [6.45, 7) is 1.82. The van der Waals surface area contributed by atoms with Gasteiger partial charge >= 0.3 is 6.36 Å². The van der Waals surface area contributed by atoms with Crippen LogP contribution < -0.4 is 4.74 Å². The molecule has 2 aliphatic rings. The van der Waals surface area contributed by atoms with E-state index in [0.717, 1.165) is 6.54 Å². The fourth-order valence-electron chi connectivity index (χ4n) is 4.36. The molecule has 2 aromatic carbocycles. The van der Waals surface area contributed by atoms with Crippen molar-refractivity contribution in [2.45, 2.75) is 37.8 Å². The minimum atomic E-state index is -4.83. The normalized spacial score (nSPS) is 24.9. The maximum Gasteiger partial charge on any atom is 0.573 e. The second-order valence-corrected chi connectivity index (χ2v) is 7.58. The Morgan fingerprint density at radius 3 is 2.28 bits per heavy atom. The Morgan fingerprint density at radius 1 is 1.00 bits per heavy atom. The maximum absolute atomic E-state index is 13.1. The molecule has 2 saturated heterocycles. The quantitative estimate of drug-likeness (QED) is 0.689. The van der Waals surface area contributed by atoms with Crippen LogP contribution in [0, 0.1) is 5.92 Å². The number of fused-ring (bicyclic) bond motifs is 2. The molecule has 2 atom stereocenters. The summed E-state index contributed by atoms with van der Waals surface area (Å²) < 4.78 is 47.9. The van der Waals surface area contributed by atoms with Gasteiger partial charge in [-0.3, -0.25) is 9.69 Å². The molecule has 2 fully saturated rings. The SMILES string of the molecule is O=C(c1ccccc1OC(F)(F)F)C1CC2COCC(C1)N2Cc1ccccc1. The van der Waals surface area contributed by atoms with Gasteiger partial charge in [0.15, 0.2) is 5.78 Å². The van der Waals surface area contributed by atoms with E-state index in [9.17, 15) is 18.0 Å². The van der Waals surface area contributed by atoms with Gasteiger partial charge in [-0.15, -0.1) is 13.2 Å². The molecule has 154 valence electrons. The molecule has 29 heavy (non-hydrogen) atoms. The van der Waals surface area contributed by atoms with Crippen molar-refractivity contribution in [1.82, 2.24) is 4.90 Å². The summed E-state index contributed by atoms with van der Waals surface area (Å²) in [5.41, 5.74) is 1.18. The van der Waals surface area contributed by atoms with Crippen molar-refractivity contribution in [3.8, 4) is 5.75 Å². The summed E-state index contributed by atoms with van der Waals surface area (Å²) in [7, 11) is 0. The number of morpholine rings is 1. The van der Waals surface area contributed by atoms with Gasteiger partial charge in [0, 0.05) is 24.5 Å². The van der Waals surface area contributed by atoms with Crippen LogP contribution in [0.1, 0.15) is 28.8 Å². The predicted molar refractivity (Wildman–Crippen MR) is 101 cm³/mol. The molecule has 0 amide bonds. The third-order valence-corrected chi connectivity index (χ3v) is 5.63. The third-order valence-electron chi connectivity index (χ3n) is 5.63. The van der Waals surface area contributed by atoms with Crippen LogP contribution in [0.15, 0.2) is 54.6 Å². The van der Waals surface area contributed by atoms with E-state index in [0.29, 0.717) is 26.1 Å². The first-order chi connectivity index (χ1) is 13.9. The van der Waals surface area contributed by atoms with Crippen LogP contribution in [0.4, 0.5) is 13.2 Å². The largest absolute Gasteiger partial charge is 0.573 e. The Labute approximate surface area is 167 Å². The summed E-state index contributed by atoms with van der Waals surface area (Å²) in [5, 5.41) is 0. The highest BCUT2D eigenvalue weighted by Gasteiger charge is 2.42. The molecule has 4 rings (SSSR count). The molecule has 0 aromatic heterocycles. The molecular formula is C22H22F3NO3. The first kappa shape index (κ1) is 19.9. The van der Waals surface area contributed by atoms with Crippen LogP contribution in [0.3, 0.4) is 0 Å². The predicted octanol–water partition coefficient (Wildman–Crippen LogP) is 4.45. The fraction of sp³-hybridized carbons (Fsp3) is 0.409. The number of rotatable bonds is 5. The molecule has 0 radical (unpaired) electrons. The lowest BCUT2D eigenvalue weighted by Crippen LogP contribution is -2.57. The van der Waals surface area contributed by atoms with E-state index < -0.39 is 12.1 Å². The van der Waals surface area contributed by atoms with Gasteiger partial charge in [0.2, 0.25) is 0 Å². The summed E-state index contributed by atoms with van der Waals surface area (Å²) >= 11 is 0. The van der Waals surface area contributed by atoms with Gasteiger partial charge in [-0.05, 0) is 30.5 Å². The van der Waals surface area contributed by atoms with Crippen molar-refractivity contribution in [3.05, 3.63) is 65.7 Å². The van der Waals surface area contributed by atoms with Crippen molar-refractivity contribution in [2.75, 3.05) is 13.2 Å². The first-order valence-electron chi connectivity index (χ1n) is 9.67. The van der Waals surface area contributed by atoms with Crippen LogP contribution in [-0.4, -0.2) is 42.3 Å². The van der Waals surface area contributed by atoms with Gasteiger partial charge < -0.3 is 9.47 Å². The molecule has 0 spiro atoms. The Hall–Kier alpha value is -2.38. The van der Waals surface area contributed by atoms with Gasteiger partial charge in [0.1, 0.15) is 5.75 Å². The van der Waals surface area contributed by atoms with Gasteiger partial charge in [-0.1, -0.05) is 42.5 Å². The molecule has 2 bridgehead atoms. The zero-order valence-corrected chi connectivity index (χ0v) is 15.8. The lowest BCUT2D eigenvalue weighted by Gasteiger charge is -2.48. The number of hydrogen-bond acceptors (Lipinski definition) is 4. The Kier molecular flexibility index (Phi) is 5.61. The van der Waals surface area contributed by atoms with Crippen molar-refractivity contribution >= 4 is 5.78 Å². The molecular weight excluding hydrogens is 383 g/mol. The summed E-state index contributed by atoms with van der Waals surface area (Å²) in [4.78, 5) is 15.5. The number of Topliss-reactive ketones (excluding diaryl/α,β-unsaturated/α-hetero) is 1. The molecule has 0 saturated carbocycles. The zero-order valence-electron chi connectivity index (χ0n) is 15.8. The summed E-state index contributed by atoms with van der Waals surface area (Å²) in [6, 6.07) is 15.8. The Bertz CT molecular complexity index is 842. The lowest BCUT2D eigenvalue weighted by molar-refractivity contribution is -0.274. The van der Waals surface area contributed by atoms with Crippen LogP contribution in [0.25, 0.3) is 0 Å². The molecule has 7 heteroatoms. The van der Waals surface area contributed by atoms with Crippen molar-refractivity contribution < 1.29 is 27.4 Å². The van der Waals surface area contributed by atoms with E-state index in [1.54, 1.807) is 6.07 Å². The molecule has 2 aliphatic heterocycles. The number of benzene rings is 2. The number of carbonyl (C=O) groups is 1. The standard InChI is InChI=1S/C22H22F3NO3/c23-22(24,25)29-20-9-5-4-8-19(20)21(27)16-10-17-13-28-14-18(11-16)26(17)12-15-6-2-1-3-7-15/h1-9,16-18H,10-14H2. The third kappa shape index (κ3) is 4.62. The number of piperidine rings is 1. The molecule has 2 heterocycles. The highest BCUT2D eigenvalue weighted by Crippen LogP contribution is 2.36. The molecule has 4 nitrogen and oxygen atoms in total. The second kappa shape index (κ2) is 8.16. The fourth-order valence-corrected chi connectivity index (χ4v) is 4.36. The van der Waals surface area contributed by atoms with Crippen molar-refractivity contribution in [1.29, 1.82) is 0 Å². The van der Waals surface area contributed by atoms with Gasteiger partial charge in [0.25, 0.3) is 0 Å². The smallest absolute Gasteiger partial charge is 0.405 e. The summed E-state index contributed by atoms with van der Waals surface area (Å²) in [5.74, 6) is -1.07. The number of nitrogens with zero attached hydrogens (tertiary/aromatic N) is 1. The zero-order chi connectivity index (χ0) is 20.4. The first-order valence-corrected chi connectivity index (χ1v) is 9.67. The van der Waals surface area contributed by atoms with Crippen molar-refractivity contribution in [3.63, 3.8) is 0 Å². The van der Waals surface area contributed by atoms with Crippen LogP contribution in [-0.2, 0) is 11.3 Å². The molecule has 0 aliphatic carbocycles. The second-order valence-electron chi connectivity index (χ2n) is 7.58. The van der Waals surface area contributed by atoms with E-state index in [4.69, 9.17) is 4.74 Å². The van der Waals surface area contributed by atoms with E-state index in [-0.39, 0.29) is 29.3 Å². The number of carbonyl (C=O) groups excluding carboxylic acids is 1. The Balaban J connectivity index is 1.51. The number of halogens is 3. The lowest BCUT2D eigenvalue weighted by atomic mass is 9.80. The van der Waals surface area contributed by atoms with E-state index >= 15 is 0 Å². The van der Waals surface area contributed by atoms with Crippen molar-refractivity contribution in [2.24, 2.45) is 5.92 Å². The highest BCUT2D eigenvalue weighted by molar-refractivity contribution is 6.00. The van der Waals surface area contributed by atoms with Crippen LogP contribution in [0.5, 0.6) is 5.75 Å². The Morgan fingerprint density at radius 2 is 1.62 bits per heavy atom. The average molecular weight is 405 g/mol. The number of ketones is 1. The minimum Gasteiger partial charge on any atom is -0.405 e. The van der Waals surface area contributed by atoms with Crippen LogP contribution >= 0.6 is 0 Å². The number of para-hydroxylation sites is 1. The summed E-state index contributed by atoms with van der Waals surface area (Å²) in [6.07, 6.45) is -3.72. The maximum atomic E-state index is 13.1. The molecule has 0 N–H and O–H groups in total. The highest BCUT2D eigenvalue weighted by atomic mass is 19.4. The van der Waals surface area contributed by atoms with Gasteiger partial charge in [0.05, 0.1) is 18.8 Å². The molecule has 2 aromatic rings. The van der Waals surface area contributed by atoms with Crippen LogP contribution in [0.2, 0.25) is 0 Å². The topological polar surface area (TPSA) is 38.8 Å². The van der Waals surface area contributed by atoms with Gasteiger partial charge in [-0.25, -0.2) is 0 Å².